The fourth-order valence-corrected chi connectivity index (χ4v) is 5.23. The van der Waals surface area contributed by atoms with Gasteiger partial charge in [-0.1, -0.05) is 35.9 Å². The van der Waals surface area contributed by atoms with E-state index in [0.29, 0.717) is 16.5 Å². The summed E-state index contributed by atoms with van der Waals surface area (Å²) in [6.07, 6.45) is -0.429. The van der Waals surface area contributed by atoms with E-state index in [1.165, 1.54) is 16.2 Å². The molecule has 2 heterocycles. The molecule has 0 spiro atoms. The highest BCUT2D eigenvalue weighted by molar-refractivity contribution is 7.22. The van der Waals surface area contributed by atoms with Gasteiger partial charge in [0.15, 0.2) is 0 Å². The third-order valence-electron chi connectivity index (χ3n) is 5.24. The number of carboxylic acid groups (broad SMARTS) is 1. The number of amides is 2. The number of carbonyl (C=O) groups excluding carboxylic acids is 1. The van der Waals surface area contributed by atoms with E-state index in [0.717, 1.165) is 21.3 Å². The van der Waals surface area contributed by atoms with E-state index in [-0.39, 0.29) is 11.9 Å². The number of aromatic nitrogens is 1. The molecule has 1 aliphatic rings. The summed E-state index contributed by atoms with van der Waals surface area (Å²) in [6.45, 7) is 5.59. The first-order valence-electron chi connectivity index (χ1n) is 9.34. The largest absolute Gasteiger partial charge is 0.465 e. The van der Waals surface area contributed by atoms with E-state index in [4.69, 9.17) is 11.6 Å². The maximum Gasteiger partial charge on any atom is 0.408 e. The number of nitrogens with zero attached hydrogens (tertiary/aromatic N) is 1. The zero-order chi connectivity index (χ0) is 20.9. The second kappa shape index (κ2) is 7.07. The lowest BCUT2D eigenvalue weighted by Crippen LogP contribution is -2.53. The van der Waals surface area contributed by atoms with Gasteiger partial charge >= 0.3 is 6.09 Å². The highest BCUT2D eigenvalue weighted by atomic mass is 35.5. The Labute approximate surface area is 177 Å². The quantitative estimate of drug-likeness (QED) is 0.542. The van der Waals surface area contributed by atoms with Crippen molar-refractivity contribution in [3.63, 3.8) is 0 Å². The Balaban J connectivity index is 1.66. The zero-order valence-electron chi connectivity index (χ0n) is 16.3. The van der Waals surface area contributed by atoms with Gasteiger partial charge in [-0.2, -0.15) is 0 Å². The Morgan fingerprint density at radius 1 is 1.28 bits per heavy atom. The number of hydrogen-bond acceptors (Lipinski definition) is 3. The van der Waals surface area contributed by atoms with Crippen LogP contribution >= 0.6 is 22.9 Å². The SMILES string of the molecule is CC(C)(C)N(C(=O)O)[C@@H]1c2ccccc2C[C@H]1NC(=O)c1cc2cc(Cl)sc2[nH]1. The molecule has 152 valence electrons. The van der Waals surface area contributed by atoms with Gasteiger partial charge in [0.25, 0.3) is 5.91 Å². The van der Waals surface area contributed by atoms with E-state index in [9.17, 15) is 14.7 Å². The van der Waals surface area contributed by atoms with E-state index in [1.807, 2.05) is 51.1 Å². The first kappa shape index (κ1) is 19.8. The fraction of sp³-hybridized carbons (Fsp3) is 0.333. The van der Waals surface area contributed by atoms with E-state index < -0.39 is 17.7 Å². The lowest BCUT2D eigenvalue weighted by Gasteiger charge is -2.41. The summed E-state index contributed by atoms with van der Waals surface area (Å²) in [7, 11) is 0. The van der Waals surface area contributed by atoms with Crippen LogP contribution in [-0.4, -0.2) is 38.6 Å². The second-order valence-corrected chi connectivity index (χ2v) is 9.95. The minimum Gasteiger partial charge on any atom is -0.465 e. The molecule has 29 heavy (non-hydrogen) atoms. The average Bonchev–Trinajstić information content (AvgIpc) is 3.25. The Morgan fingerprint density at radius 2 is 2.00 bits per heavy atom. The number of hydrogen-bond donors (Lipinski definition) is 3. The summed E-state index contributed by atoms with van der Waals surface area (Å²) in [4.78, 5) is 30.5. The van der Waals surface area contributed by atoms with E-state index >= 15 is 0 Å². The van der Waals surface area contributed by atoms with E-state index in [2.05, 4.69) is 10.3 Å². The van der Waals surface area contributed by atoms with Crippen LogP contribution in [-0.2, 0) is 6.42 Å². The van der Waals surface area contributed by atoms with Crippen LogP contribution in [0.15, 0.2) is 36.4 Å². The van der Waals surface area contributed by atoms with Crippen molar-refractivity contribution in [3.8, 4) is 0 Å². The number of nitrogens with one attached hydrogen (secondary N) is 2. The maximum atomic E-state index is 13.0. The minimum atomic E-state index is -1.01. The van der Waals surface area contributed by atoms with Gasteiger partial charge in [-0.25, -0.2) is 4.79 Å². The summed E-state index contributed by atoms with van der Waals surface area (Å²) in [6, 6.07) is 10.5. The van der Waals surface area contributed by atoms with Crippen molar-refractivity contribution in [2.45, 2.75) is 44.8 Å². The van der Waals surface area contributed by atoms with Crippen molar-refractivity contribution < 1.29 is 14.7 Å². The van der Waals surface area contributed by atoms with Crippen LogP contribution in [0.2, 0.25) is 4.34 Å². The van der Waals surface area contributed by atoms with Crippen molar-refractivity contribution in [3.05, 3.63) is 57.6 Å². The summed E-state index contributed by atoms with van der Waals surface area (Å²) in [5, 5.41) is 13.9. The molecule has 0 saturated carbocycles. The molecule has 1 aromatic carbocycles. The van der Waals surface area contributed by atoms with Crippen LogP contribution in [0.3, 0.4) is 0 Å². The molecule has 6 nitrogen and oxygen atoms in total. The van der Waals surface area contributed by atoms with Crippen molar-refractivity contribution in [2.24, 2.45) is 0 Å². The van der Waals surface area contributed by atoms with Gasteiger partial charge in [0.2, 0.25) is 0 Å². The molecule has 0 saturated heterocycles. The van der Waals surface area contributed by atoms with Gasteiger partial charge in [-0.3, -0.25) is 9.69 Å². The Morgan fingerprint density at radius 3 is 2.66 bits per heavy atom. The minimum absolute atomic E-state index is 0.258. The molecule has 0 bridgehead atoms. The molecule has 0 unspecified atom stereocenters. The lowest BCUT2D eigenvalue weighted by atomic mass is 9.97. The van der Waals surface area contributed by atoms with Crippen molar-refractivity contribution >= 4 is 45.2 Å². The Hall–Kier alpha value is -2.51. The molecule has 4 rings (SSSR count). The first-order chi connectivity index (χ1) is 13.6. The smallest absolute Gasteiger partial charge is 0.408 e. The number of H-pyrrole nitrogens is 1. The van der Waals surface area contributed by atoms with Gasteiger partial charge in [-0.15, -0.1) is 11.3 Å². The van der Waals surface area contributed by atoms with Crippen LogP contribution in [0.4, 0.5) is 4.79 Å². The number of halogens is 1. The normalized spacial score (nSPS) is 18.6. The third kappa shape index (κ3) is 3.60. The molecule has 0 aliphatic heterocycles. The Kier molecular flexibility index (Phi) is 4.83. The molecule has 2 aromatic heterocycles. The van der Waals surface area contributed by atoms with Gasteiger partial charge in [-0.05, 0) is 50.5 Å². The summed E-state index contributed by atoms with van der Waals surface area (Å²) >= 11 is 7.39. The van der Waals surface area contributed by atoms with Crippen LogP contribution < -0.4 is 5.32 Å². The Bertz CT molecular complexity index is 1070. The van der Waals surface area contributed by atoms with Crippen LogP contribution in [0, 0.1) is 0 Å². The van der Waals surface area contributed by atoms with Crippen molar-refractivity contribution in [1.29, 1.82) is 0 Å². The highest BCUT2D eigenvalue weighted by Crippen LogP contribution is 2.40. The lowest BCUT2D eigenvalue weighted by molar-refractivity contribution is 0.0565. The van der Waals surface area contributed by atoms with Crippen LogP contribution in [0.25, 0.3) is 10.2 Å². The predicted octanol–water partition coefficient (Wildman–Crippen LogP) is 5.06. The molecule has 8 heteroatoms. The third-order valence-corrected chi connectivity index (χ3v) is 6.44. The van der Waals surface area contributed by atoms with Gasteiger partial charge in [0, 0.05) is 10.9 Å². The number of carbonyl (C=O) groups is 2. The molecule has 3 aromatic rings. The first-order valence-corrected chi connectivity index (χ1v) is 10.5. The zero-order valence-corrected chi connectivity index (χ0v) is 17.9. The number of benzene rings is 1. The van der Waals surface area contributed by atoms with Crippen molar-refractivity contribution in [2.75, 3.05) is 0 Å². The second-order valence-electron chi connectivity index (χ2n) is 8.27. The molecule has 2 amide bonds. The fourth-order valence-electron chi connectivity index (χ4n) is 4.11. The maximum absolute atomic E-state index is 13.0. The molecule has 3 N–H and O–H groups in total. The standard InChI is InChI=1S/C21H22ClN3O3S/c1-21(2,3)25(20(27)28)17-13-7-5-4-6-11(13)8-14(17)23-18(26)15-9-12-10-16(22)29-19(12)24-15/h4-7,9-10,14,17,24H,8H2,1-3H3,(H,23,26)(H,27,28)/t14-,17-/m1/s1. The summed E-state index contributed by atoms with van der Waals surface area (Å²) < 4.78 is 0.659. The average molecular weight is 432 g/mol. The van der Waals surface area contributed by atoms with Crippen LogP contribution in [0.1, 0.15) is 48.4 Å². The summed E-state index contributed by atoms with van der Waals surface area (Å²) in [5.74, 6) is -0.258. The topological polar surface area (TPSA) is 85.4 Å². The molecule has 1 aliphatic carbocycles. The van der Waals surface area contributed by atoms with Crippen LogP contribution in [0.5, 0.6) is 0 Å². The highest BCUT2D eigenvalue weighted by Gasteiger charge is 2.44. The number of thiophene rings is 1. The molecule has 0 fully saturated rings. The number of aromatic amines is 1. The number of fused-ring (bicyclic) bond motifs is 2. The molecule has 2 atom stereocenters. The summed E-state index contributed by atoms with van der Waals surface area (Å²) in [5.41, 5.74) is 1.81. The monoisotopic (exact) mass is 431 g/mol. The van der Waals surface area contributed by atoms with Gasteiger partial charge in [0.05, 0.1) is 16.4 Å². The van der Waals surface area contributed by atoms with Gasteiger partial charge in [0.1, 0.15) is 10.5 Å². The number of rotatable bonds is 3. The molecular formula is C21H22ClN3O3S. The molecule has 0 radical (unpaired) electrons. The predicted molar refractivity (Wildman–Crippen MR) is 115 cm³/mol. The molecular weight excluding hydrogens is 410 g/mol. The van der Waals surface area contributed by atoms with Crippen molar-refractivity contribution in [1.82, 2.24) is 15.2 Å². The van der Waals surface area contributed by atoms with E-state index in [1.54, 1.807) is 6.07 Å². The van der Waals surface area contributed by atoms with Gasteiger partial charge < -0.3 is 15.4 Å².